The Hall–Kier alpha value is 0.190. The third-order valence-electron chi connectivity index (χ3n) is 2.01. The number of hydrogen-bond donors (Lipinski definition) is 0. The first-order chi connectivity index (χ1) is 8.19. The molecule has 0 saturated heterocycles. The molecule has 0 amide bonds. The Morgan fingerprint density at radius 2 is 1.65 bits per heavy atom. The van der Waals surface area contributed by atoms with E-state index in [9.17, 15) is 4.57 Å². The average Bonchev–Trinajstić information content (AvgIpc) is 2.74. The van der Waals surface area contributed by atoms with Gasteiger partial charge in [0.1, 0.15) is 13.2 Å². The Labute approximate surface area is 109 Å². The molecule has 0 unspecified atom stereocenters. The summed E-state index contributed by atoms with van der Waals surface area (Å²) in [4.78, 5) is 0. The molecule has 17 heavy (non-hydrogen) atoms. The lowest BCUT2D eigenvalue weighted by molar-refractivity contribution is 0.0949. The zero-order chi connectivity index (χ0) is 12.3. The van der Waals surface area contributed by atoms with Gasteiger partial charge in [-0.25, -0.2) is 0 Å². The maximum Gasteiger partial charge on any atom is 0.354 e. The first-order valence-electron chi connectivity index (χ1n) is 5.41. The van der Waals surface area contributed by atoms with Crippen molar-refractivity contribution < 1.29 is 23.1 Å². The molecule has 0 bridgehead atoms. The van der Waals surface area contributed by atoms with E-state index in [1.165, 1.54) is 23.5 Å². The molecule has 5 nitrogen and oxygen atoms in total. The largest absolute Gasteiger partial charge is 0.480 e. The Morgan fingerprint density at radius 3 is 2.06 bits per heavy atom. The summed E-state index contributed by atoms with van der Waals surface area (Å²) < 4.78 is 33.7. The molecule has 0 radical (unpaired) electrons. The summed E-state index contributed by atoms with van der Waals surface area (Å²) in [5.41, 5.74) is 0. The highest BCUT2D eigenvalue weighted by Gasteiger charge is 2.45. The molecular formula is C9H15O5PS2. The third kappa shape index (κ3) is 2.96. The van der Waals surface area contributed by atoms with Gasteiger partial charge in [0.05, 0.1) is 13.2 Å². The molecule has 2 aliphatic heterocycles. The van der Waals surface area contributed by atoms with E-state index < -0.39 is 7.60 Å². The van der Waals surface area contributed by atoms with Crippen molar-refractivity contribution in [2.75, 3.05) is 26.4 Å². The first kappa shape index (κ1) is 13.6. The third-order valence-corrected chi connectivity index (χ3v) is 8.09. The fraction of sp³-hybridized carbons (Fsp3) is 0.778. The fourth-order valence-corrected chi connectivity index (χ4v) is 6.77. The zero-order valence-corrected chi connectivity index (χ0v) is 12.2. The average molecular weight is 298 g/mol. The number of hydrogen-bond acceptors (Lipinski definition) is 7. The van der Waals surface area contributed by atoms with Gasteiger partial charge < -0.3 is 18.5 Å². The van der Waals surface area contributed by atoms with Crippen molar-refractivity contribution in [3.8, 4) is 0 Å². The van der Waals surface area contributed by atoms with Gasteiger partial charge in [-0.2, -0.15) is 0 Å². The SMILES string of the molecule is CCOP(=O)(OCC)C1SC2=C(OCCO2)S1. The van der Waals surface area contributed by atoms with Gasteiger partial charge >= 0.3 is 7.60 Å². The van der Waals surface area contributed by atoms with Crippen molar-refractivity contribution in [2.45, 2.75) is 18.2 Å². The molecule has 0 aromatic heterocycles. The smallest absolute Gasteiger partial charge is 0.354 e. The van der Waals surface area contributed by atoms with Crippen molar-refractivity contribution in [1.82, 2.24) is 0 Å². The predicted molar refractivity (Wildman–Crippen MR) is 68.8 cm³/mol. The van der Waals surface area contributed by atoms with Crippen LogP contribution in [-0.4, -0.2) is 30.8 Å². The predicted octanol–water partition coefficient (Wildman–Crippen LogP) is 3.19. The monoisotopic (exact) mass is 298 g/mol. The van der Waals surface area contributed by atoms with E-state index in [1.54, 1.807) is 13.8 Å². The molecule has 0 aromatic carbocycles. The van der Waals surface area contributed by atoms with E-state index in [4.69, 9.17) is 18.5 Å². The van der Waals surface area contributed by atoms with Crippen LogP contribution in [0.1, 0.15) is 13.8 Å². The van der Waals surface area contributed by atoms with Crippen LogP contribution in [0.5, 0.6) is 0 Å². The van der Waals surface area contributed by atoms with Crippen LogP contribution in [0.15, 0.2) is 10.2 Å². The normalized spacial score (nSPS) is 21.1. The van der Waals surface area contributed by atoms with Gasteiger partial charge in [-0.1, -0.05) is 23.5 Å². The van der Waals surface area contributed by atoms with Gasteiger partial charge in [0.15, 0.2) is 4.32 Å². The second-order valence-electron chi connectivity index (χ2n) is 3.19. The lowest BCUT2D eigenvalue weighted by Crippen LogP contribution is -2.08. The molecule has 0 atom stereocenters. The van der Waals surface area contributed by atoms with Crippen LogP contribution in [0.4, 0.5) is 0 Å². The molecule has 2 aliphatic rings. The lowest BCUT2D eigenvalue weighted by atomic mass is 10.7. The van der Waals surface area contributed by atoms with Crippen LogP contribution in [0.25, 0.3) is 0 Å². The van der Waals surface area contributed by atoms with Gasteiger partial charge in [0.25, 0.3) is 0 Å². The number of rotatable bonds is 5. The summed E-state index contributed by atoms with van der Waals surface area (Å²) in [6.45, 7) is 5.40. The minimum absolute atomic E-state index is 0.328. The van der Waals surface area contributed by atoms with Crippen molar-refractivity contribution in [3.05, 3.63) is 10.2 Å². The molecule has 0 N–H and O–H groups in total. The fourth-order valence-electron chi connectivity index (χ4n) is 1.41. The zero-order valence-electron chi connectivity index (χ0n) is 9.71. The summed E-state index contributed by atoms with van der Waals surface area (Å²) in [6.07, 6.45) is 0. The van der Waals surface area contributed by atoms with Crippen molar-refractivity contribution in [2.24, 2.45) is 0 Å². The van der Waals surface area contributed by atoms with Gasteiger partial charge in [-0.3, -0.25) is 4.57 Å². The number of ether oxygens (including phenoxy) is 2. The molecule has 0 fully saturated rings. The Balaban J connectivity index is 2.06. The van der Waals surface area contributed by atoms with Crippen LogP contribution in [0, 0.1) is 0 Å². The Morgan fingerprint density at radius 1 is 1.18 bits per heavy atom. The van der Waals surface area contributed by atoms with Gasteiger partial charge in [0.2, 0.25) is 10.2 Å². The highest BCUT2D eigenvalue weighted by Crippen LogP contribution is 2.67. The molecule has 8 heteroatoms. The molecule has 0 aromatic rings. The van der Waals surface area contributed by atoms with E-state index in [0.29, 0.717) is 36.6 Å². The quantitative estimate of drug-likeness (QED) is 0.722. The highest BCUT2D eigenvalue weighted by molar-refractivity contribution is 8.29. The summed E-state index contributed by atoms with van der Waals surface area (Å²) in [6, 6.07) is 0. The molecule has 0 spiro atoms. The second kappa shape index (κ2) is 5.89. The molecule has 0 aliphatic carbocycles. The van der Waals surface area contributed by atoms with Crippen LogP contribution in [-0.2, 0) is 23.1 Å². The Kier molecular flexibility index (Phi) is 4.72. The van der Waals surface area contributed by atoms with E-state index >= 15 is 0 Å². The topological polar surface area (TPSA) is 54.0 Å². The van der Waals surface area contributed by atoms with Crippen molar-refractivity contribution in [1.29, 1.82) is 0 Å². The highest BCUT2D eigenvalue weighted by atomic mass is 32.2. The molecule has 98 valence electrons. The molecule has 2 heterocycles. The van der Waals surface area contributed by atoms with Crippen molar-refractivity contribution >= 4 is 31.1 Å². The van der Waals surface area contributed by atoms with E-state index in [0.717, 1.165) is 0 Å². The van der Waals surface area contributed by atoms with Crippen LogP contribution in [0.2, 0.25) is 0 Å². The first-order valence-corrected chi connectivity index (χ1v) is 8.78. The maximum atomic E-state index is 12.5. The van der Waals surface area contributed by atoms with Crippen LogP contribution >= 0.6 is 31.1 Å². The summed E-state index contributed by atoms with van der Waals surface area (Å²) in [7, 11) is -3.12. The summed E-state index contributed by atoms with van der Waals surface area (Å²) in [5.74, 6) is 0. The summed E-state index contributed by atoms with van der Waals surface area (Å²) >= 11 is 2.73. The van der Waals surface area contributed by atoms with Crippen LogP contribution < -0.4 is 0 Å². The molecule has 0 saturated carbocycles. The lowest BCUT2D eigenvalue weighted by Gasteiger charge is -2.21. The van der Waals surface area contributed by atoms with E-state index in [2.05, 4.69) is 0 Å². The van der Waals surface area contributed by atoms with Crippen LogP contribution in [0.3, 0.4) is 0 Å². The summed E-state index contributed by atoms with van der Waals surface area (Å²) in [5, 5.41) is 1.40. The van der Waals surface area contributed by atoms with E-state index in [-0.39, 0.29) is 4.32 Å². The van der Waals surface area contributed by atoms with Crippen molar-refractivity contribution in [3.63, 3.8) is 0 Å². The maximum absolute atomic E-state index is 12.5. The minimum Gasteiger partial charge on any atom is -0.480 e. The van der Waals surface area contributed by atoms with Gasteiger partial charge in [-0.15, -0.1) is 0 Å². The second-order valence-corrected chi connectivity index (χ2v) is 8.46. The van der Waals surface area contributed by atoms with Gasteiger partial charge in [0, 0.05) is 0 Å². The molecular weight excluding hydrogens is 283 g/mol. The standard InChI is InChI=1S/C9H15O5PS2/c1-3-13-15(10,14-4-2)9-16-7-8(17-9)12-6-5-11-7/h9H,3-6H2,1-2H3. The minimum atomic E-state index is -3.12. The van der Waals surface area contributed by atoms with E-state index in [1.807, 2.05) is 0 Å². The molecule has 2 rings (SSSR count). The van der Waals surface area contributed by atoms with Gasteiger partial charge in [-0.05, 0) is 13.8 Å². The number of thioether (sulfide) groups is 2. The Bertz CT molecular complexity index is 331.